The Labute approximate surface area is 94.0 Å². The van der Waals surface area contributed by atoms with E-state index in [0.717, 1.165) is 5.69 Å². The van der Waals surface area contributed by atoms with E-state index in [4.69, 9.17) is 0 Å². The van der Waals surface area contributed by atoms with E-state index in [2.05, 4.69) is 10.1 Å². The Morgan fingerprint density at radius 1 is 1.31 bits per heavy atom. The molecule has 0 fully saturated rings. The summed E-state index contributed by atoms with van der Waals surface area (Å²) in [4.78, 5) is 23.9. The van der Waals surface area contributed by atoms with E-state index in [-0.39, 0.29) is 12.5 Å². The number of methoxy groups -OCH3 is 1. The molecule has 0 atom stereocenters. The quantitative estimate of drug-likeness (QED) is 0.830. The summed E-state index contributed by atoms with van der Waals surface area (Å²) in [7, 11) is 2.90. The van der Waals surface area contributed by atoms with Crippen LogP contribution < -0.4 is 10.2 Å². The first-order valence-electron chi connectivity index (χ1n) is 4.78. The number of alkyl carbamates (subject to hydrolysis) is 1. The SMILES string of the molecule is COC(=O)NCC(=O)N(C)c1ccccc1. The summed E-state index contributed by atoms with van der Waals surface area (Å²) in [6.45, 7) is -0.0853. The average molecular weight is 222 g/mol. The van der Waals surface area contributed by atoms with E-state index in [1.165, 1.54) is 12.0 Å². The highest BCUT2D eigenvalue weighted by molar-refractivity contribution is 5.95. The second-order valence-corrected chi connectivity index (χ2v) is 3.13. The molecule has 0 saturated carbocycles. The predicted octanol–water partition coefficient (Wildman–Crippen LogP) is 1.01. The molecule has 0 bridgehead atoms. The van der Waals surface area contributed by atoms with Crippen molar-refractivity contribution in [3.8, 4) is 0 Å². The minimum Gasteiger partial charge on any atom is -0.453 e. The van der Waals surface area contributed by atoms with Gasteiger partial charge in [0.15, 0.2) is 0 Å². The number of hydrogen-bond donors (Lipinski definition) is 1. The van der Waals surface area contributed by atoms with Crippen LogP contribution in [0.4, 0.5) is 10.5 Å². The zero-order valence-corrected chi connectivity index (χ0v) is 9.27. The predicted molar refractivity (Wildman–Crippen MR) is 60.3 cm³/mol. The topological polar surface area (TPSA) is 58.6 Å². The lowest BCUT2D eigenvalue weighted by Crippen LogP contribution is -2.38. The van der Waals surface area contributed by atoms with Crippen molar-refractivity contribution in [3.63, 3.8) is 0 Å². The first-order valence-corrected chi connectivity index (χ1v) is 4.78. The molecule has 0 saturated heterocycles. The number of amides is 2. The molecule has 16 heavy (non-hydrogen) atoms. The Morgan fingerprint density at radius 2 is 1.94 bits per heavy atom. The van der Waals surface area contributed by atoms with Crippen molar-refractivity contribution < 1.29 is 14.3 Å². The van der Waals surface area contributed by atoms with E-state index in [9.17, 15) is 9.59 Å². The maximum absolute atomic E-state index is 11.6. The number of anilines is 1. The van der Waals surface area contributed by atoms with Gasteiger partial charge in [-0.25, -0.2) is 4.79 Å². The summed E-state index contributed by atoms with van der Waals surface area (Å²) in [5.41, 5.74) is 0.777. The highest BCUT2D eigenvalue weighted by Gasteiger charge is 2.11. The van der Waals surface area contributed by atoms with Gasteiger partial charge in [-0.1, -0.05) is 18.2 Å². The van der Waals surface area contributed by atoms with Crippen LogP contribution in [0.3, 0.4) is 0 Å². The molecular formula is C11H14N2O3. The van der Waals surface area contributed by atoms with Gasteiger partial charge in [0.2, 0.25) is 5.91 Å². The monoisotopic (exact) mass is 222 g/mol. The van der Waals surface area contributed by atoms with E-state index in [1.54, 1.807) is 7.05 Å². The average Bonchev–Trinajstić information content (AvgIpc) is 2.35. The molecule has 0 unspecified atom stereocenters. The van der Waals surface area contributed by atoms with Gasteiger partial charge in [-0.3, -0.25) is 4.79 Å². The third kappa shape index (κ3) is 3.27. The molecule has 1 N–H and O–H groups in total. The molecule has 0 radical (unpaired) electrons. The van der Waals surface area contributed by atoms with Crippen molar-refractivity contribution in [2.75, 3.05) is 25.6 Å². The minimum absolute atomic E-state index is 0.0853. The maximum atomic E-state index is 11.6. The van der Waals surface area contributed by atoms with Crippen LogP contribution >= 0.6 is 0 Å². The molecule has 1 rings (SSSR count). The molecule has 0 heterocycles. The van der Waals surface area contributed by atoms with E-state index >= 15 is 0 Å². The first-order chi connectivity index (χ1) is 7.65. The third-order valence-corrected chi connectivity index (χ3v) is 2.09. The number of nitrogens with zero attached hydrogens (tertiary/aromatic N) is 1. The smallest absolute Gasteiger partial charge is 0.407 e. The summed E-state index contributed by atoms with van der Waals surface area (Å²) < 4.78 is 4.37. The summed E-state index contributed by atoms with van der Waals surface area (Å²) in [6, 6.07) is 9.18. The largest absolute Gasteiger partial charge is 0.453 e. The summed E-state index contributed by atoms with van der Waals surface area (Å²) in [6.07, 6.45) is -0.616. The number of rotatable bonds is 3. The van der Waals surface area contributed by atoms with Crippen molar-refractivity contribution in [1.29, 1.82) is 0 Å². The van der Waals surface area contributed by atoms with Crippen LogP contribution in [0.5, 0.6) is 0 Å². The fraction of sp³-hybridized carbons (Fsp3) is 0.273. The van der Waals surface area contributed by atoms with Crippen LogP contribution in [0, 0.1) is 0 Å². The van der Waals surface area contributed by atoms with Crippen molar-refractivity contribution >= 4 is 17.7 Å². The van der Waals surface area contributed by atoms with Gasteiger partial charge in [0.05, 0.1) is 7.11 Å². The number of nitrogens with one attached hydrogen (secondary N) is 1. The number of benzene rings is 1. The molecule has 1 aromatic carbocycles. The van der Waals surface area contributed by atoms with Gasteiger partial charge in [0.1, 0.15) is 6.54 Å². The van der Waals surface area contributed by atoms with Gasteiger partial charge in [-0.15, -0.1) is 0 Å². The van der Waals surface area contributed by atoms with E-state index < -0.39 is 6.09 Å². The molecule has 86 valence electrons. The van der Waals surface area contributed by atoms with E-state index in [1.807, 2.05) is 30.3 Å². The summed E-state index contributed by atoms with van der Waals surface area (Å²) in [5, 5.41) is 2.33. The molecule has 5 nitrogen and oxygen atoms in total. The lowest BCUT2D eigenvalue weighted by molar-refractivity contribution is -0.117. The number of hydrogen-bond acceptors (Lipinski definition) is 3. The summed E-state index contributed by atoms with van der Waals surface area (Å²) >= 11 is 0. The molecule has 0 spiro atoms. The Bertz CT molecular complexity index is 365. The number of carbonyl (C=O) groups excluding carboxylic acids is 2. The van der Waals surface area contributed by atoms with Gasteiger partial charge in [0.25, 0.3) is 0 Å². The normalized spacial score (nSPS) is 9.38. The van der Waals surface area contributed by atoms with Crippen LogP contribution in [0.1, 0.15) is 0 Å². The summed E-state index contributed by atoms with van der Waals surface area (Å²) in [5.74, 6) is -0.211. The lowest BCUT2D eigenvalue weighted by atomic mass is 10.3. The lowest BCUT2D eigenvalue weighted by Gasteiger charge is -2.17. The molecule has 5 heteroatoms. The van der Waals surface area contributed by atoms with Gasteiger partial charge >= 0.3 is 6.09 Å². The highest BCUT2D eigenvalue weighted by Crippen LogP contribution is 2.10. The van der Waals surface area contributed by atoms with Gasteiger partial charge < -0.3 is 15.0 Å². The molecule has 0 aliphatic carbocycles. The fourth-order valence-corrected chi connectivity index (χ4v) is 1.13. The molecule has 0 aromatic heterocycles. The Morgan fingerprint density at radius 3 is 2.50 bits per heavy atom. The molecular weight excluding hydrogens is 208 g/mol. The minimum atomic E-state index is -0.616. The van der Waals surface area contributed by atoms with Crippen LogP contribution in [-0.4, -0.2) is 32.7 Å². The number of likely N-dealkylation sites (N-methyl/N-ethyl adjacent to an activating group) is 1. The van der Waals surface area contributed by atoms with Crippen LogP contribution in [0.25, 0.3) is 0 Å². The zero-order chi connectivity index (χ0) is 12.0. The van der Waals surface area contributed by atoms with Gasteiger partial charge in [-0.2, -0.15) is 0 Å². The molecule has 2 amide bonds. The molecule has 0 aliphatic rings. The first kappa shape index (κ1) is 12.0. The number of para-hydroxylation sites is 1. The second-order valence-electron chi connectivity index (χ2n) is 3.13. The molecule has 0 aliphatic heterocycles. The van der Waals surface area contributed by atoms with Crippen LogP contribution in [0.2, 0.25) is 0 Å². The number of carbonyl (C=O) groups is 2. The van der Waals surface area contributed by atoms with Crippen molar-refractivity contribution in [1.82, 2.24) is 5.32 Å². The number of ether oxygens (including phenoxy) is 1. The van der Waals surface area contributed by atoms with Crippen molar-refractivity contribution in [2.24, 2.45) is 0 Å². The van der Waals surface area contributed by atoms with Gasteiger partial charge in [-0.05, 0) is 12.1 Å². The molecule has 1 aromatic rings. The van der Waals surface area contributed by atoms with Crippen LogP contribution in [-0.2, 0) is 9.53 Å². The third-order valence-electron chi connectivity index (χ3n) is 2.09. The Balaban J connectivity index is 2.52. The fourth-order valence-electron chi connectivity index (χ4n) is 1.13. The maximum Gasteiger partial charge on any atom is 0.407 e. The van der Waals surface area contributed by atoms with Crippen molar-refractivity contribution in [3.05, 3.63) is 30.3 Å². The Kier molecular flexibility index (Phi) is 4.32. The highest BCUT2D eigenvalue weighted by atomic mass is 16.5. The second kappa shape index (κ2) is 5.75. The van der Waals surface area contributed by atoms with Gasteiger partial charge in [0, 0.05) is 12.7 Å². The Hall–Kier alpha value is -2.04. The zero-order valence-electron chi connectivity index (χ0n) is 9.27. The van der Waals surface area contributed by atoms with E-state index in [0.29, 0.717) is 0 Å². The standard InChI is InChI=1S/C11H14N2O3/c1-13(9-6-4-3-5-7-9)10(14)8-12-11(15)16-2/h3-7H,8H2,1-2H3,(H,12,15). The van der Waals surface area contributed by atoms with Crippen molar-refractivity contribution in [2.45, 2.75) is 0 Å². The van der Waals surface area contributed by atoms with Crippen LogP contribution in [0.15, 0.2) is 30.3 Å².